The fraction of sp³-hybridized carbons (Fsp3) is 0.920. The Morgan fingerprint density at radius 2 is 0.963 bits per heavy atom. The van der Waals surface area contributed by atoms with Crippen molar-refractivity contribution < 1.29 is 0 Å². The summed E-state index contributed by atoms with van der Waals surface area (Å²) in [4.78, 5) is 5.13. The molecule has 0 fully saturated rings. The molecule has 0 spiro atoms. The van der Waals surface area contributed by atoms with E-state index in [1.807, 2.05) is 0 Å². The molecule has 0 aromatic heterocycles. The molecular weight excluding hydrogens is 328 g/mol. The molecule has 0 aromatic rings. The normalized spacial score (nSPS) is 16.6. The Labute approximate surface area is 171 Å². The third-order valence-corrected chi connectivity index (χ3v) is 6.17. The van der Waals surface area contributed by atoms with Crippen molar-refractivity contribution in [1.82, 2.24) is 9.80 Å². The first-order valence-electron chi connectivity index (χ1n) is 12.5. The van der Waals surface area contributed by atoms with Crippen molar-refractivity contribution in [2.75, 3.05) is 13.1 Å². The lowest BCUT2D eigenvalue weighted by atomic mass is 10.0. The van der Waals surface area contributed by atoms with Gasteiger partial charge in [-0.1, -0.05) is 104 Å². The molecule has 1 unspecified atom stereocenters. The predicted molar refractivity (Wildman–Crippen MR) is 122 cm³/mol. The smallest absolute Gasteiger partial charge is 0.101 e. The summed E-state index contributed by atoms with van der Waals surface area (Å²) >= 11 is 0. The quantitative estimate of drug-likeness (QED) is 0.209. The first-order chi connectivity index (χ1) is 13.3. The molecule has 160 valence electrons. The van der Waals surface area contributed by atoms with E-state index in [0.717, 1.165) is 6.54 Å². The number of unbranched alkanes of at least 4 members (excludes halogenated alkanes) is 14. The zero-order chi connectivity index (χ0) is 19.6. The summed E-state index contributed by atoms with van der Waals surface area (Å²) < 4.78 is 0. The fourth-order valence-electron chi connectivity index (χ4n) is 4.32. The predicted octanol–water partition coefficient (Wildman–Crippen LogP) is 8.09. The van der Waals surface area contributed by atoms with Gasteiger partial charge < -0.3 is 9.80 Å². The lowest BCUT2D eigenvalue weighted by Crippen LogP contribution is -2.38. The van der Waals surface area contributed by atoms with Gasteiger partial charge in [0.2, 0.25) is 0 Å². The minimum absolute atomic E-state index is 0.638. The molecule has 1 aliphatic heterocycles. The van der Waals surface area contributed by atoms with Gasteiger partial charge in [0.15, 0.2) is 0 Å². The SMILES string of the molecule is CCCCCCCCCCCCCCCN1C=CN(CC)C1CCCCC. The van der Waals surface area contributed by atoms with Crippen LogP contribution >= 0.6 is 0 Å². The van der Waals surface area contributed by atoms with E-state index in [-0.39, 0.29) is 0 Å². The lowest BCUT2D eigenvalue weighted by Gasteiger charge is -2.32. The van der Waals surface area contributed by atoms with Crippen molar-refractivity contribution in [3.63, 3.8) is 0 Å². The summed E-state index contributed by atoms with van der Waals surface area (Å²) in [6, 6.07) is 0. The van der Waals surface area contributed by atoms with Crippen LogP contribution in [0.3, 0.4) is 0 Å². The van der Waals surface area contributed by atoms with Gasteiger partial charge in [0.25, 0.3) is 0 Å². The van der Waals surface area contributed by atoms with E-state index in [2.05, 4.69) is 43.0 Å². The Balaban J connectivity index is 1.95. The Bertz CT molecular complexity index is 339. The first kappa shape index (κ1) is 24.4. The van der Waals surface area contributed by atoms with E-state index in [0.29, 0.717) is 6.17 Å². The van der Waals surface area contributed by atoms with Crippen molar-refractivity contribution in [3.05, 3.63) is 12.4 Å². The van der Waals surface area contributed by atoms with Gasteiger partial charge in [-0.3, -0.25) is 0 Å². The molecular formula is C25H50N2. The van der Waals surface area contributed by atoms with Gasteiger partial charge in [-0.25, -0.2) is 0 Å². The molecule has 0 saturated heterocycles. The molecule has 0 radical (unpaired) electrons. The van der Waals surface area contributed by atoms with Crippen LogP contribution in [0.1, 0.15) is 130 Å². The number of rotatable bonds is 19. The van der Waals surface area contributed by atoms with Crippen LogP contribution in [0.25, 0.3) is 0 Å². The van der Waals surface area contributed by atoms with Gasteiger partial charge in [-0.05, 0) is 26.2 Å². The molecule has 1 heterocycles. The Hall–Kier alpha value is -0.660. The van der Waals surface area contributed by atoms with E-state index in [4.69, 9.17) is 0 Å². The molecule has 0 saturated carbocycles. The number of nitrogens with zero attached hydrogens (tertiary/aromatic N) is 2. The van der Waals surface area contributed by atoms with Crippen molar-refractivity contribution in [3.8, 4) is 0 Å². The van der Waals surface area contributed by atoms with E-state index >= 15 is 0 Å². The second-order valence-electron chi connectivity index (χ2n) is 8.59. The van der Waals surface area contributed by atoms with Gasteiger partial charge >= 0.3 is 0 Å². The molecule has 1 rings (SSSR count). The van der Waals surface area contributed by atoms with Crippen LogP contribution in [0.5, 0.6) is 0 Å². The minimum Gasteiger partial charge on any atom is -0.356 e. The van der Waals surface area contributed by atoms with Crippen molar-refractivity contribution >= 4 is 0 Å². The lowest BCUT2D eigenvalue weighted by molar-refractivity contribution is 0.142. The molecule has 27 heavy (non-hydrogen) atoms. The zero-order valence-electron chi connectivity index (χ0n) is 19.1. The number of hydrogen-bond acceptors (Lipinski definition) is 2. The molecule has 0 N–H and O–H groups in total. The van der Waals surface area contributed by atoms with Crippen molar-refractivity contribution in [2.24, 2.45) is 0 Å². The Morgan fingerprint density at radius 1 is 0.519 bits per heavy atom. The summed E-state index contributed by atoms with van der Waals surface area (Å²) in [5.41, 5.74) is 0. The molecule has 0 aliphatic carbocycles. The second-order valence-corrected chi connectivity index (χ2v) is 8.59. The maximum Gasteiger partial charge on any atom is 0.101 e. The van der Waals surface area contributed by atoms with Gasteiger partial charge in [-0.15, -0.1) is 0 Å². The van der Waals surface area contributed by atoms with E-state index in [9.17, 15) is 0 Å². The largest absolute Gasteiger partial charge is 0.356 e. The van der Waals surface area contributed by atoms with Crippen molar-refractivity contribution in [2.45, 2.75) is 136 Å². The van der Waals surface area contributed by atoms with Crippen LogP contribution in [0.15, 0.2) is 12.4 Å². The molecule has 2 heteroatoms. The highest BCUT2D eigenvalue weighted by atomic mass is 15.4. The van der Waals surface area contributed by atoms with Crippen LogP contribution in [-0.2, 0) is 0 Å². The standard InChI is InChI=1S/C25H50N2/c1-4-7-9-10-11-12-13-14-15-16-17-18-20-22-27-24-23-26(6-3)25(27)21-19-8-5-2/h23-25H,4-22H2,1-3H3. The van der Waals surface area contributed by atoms with E-state index < -0.39 is 0 Å². The minimum atomic E-state index is 0.638. The fourth-order valence-corrected chi connectivity index (χ4v) is 4.32. The summed E-state index contributed by atoms with van der Waals surface area (Å²) in [5, 5.41) is 0. The van der Waals surface area contributed by atoms with Crippen molar-refractivity contribution in [1.29, 1.82) is 0 Å². The summed E-state index contributed by atoms with van der Waals surface area (Å²) in [7, 11) is 0. The van der Waals surface area contributed by atoms with Crippen LogP contribution in [0.4, 0.5) is 0 Å². The highest BCUT2D eigenvalue weighted by Gasteiger charge is 2.23. The zero-order valence-corrected chi connectivity index (χ0v) is 19.1. The monoisotopic (exact) mass is 378 g/mol. The van der Waals surface area contributed by atoms with Gasteiger partial charge in [0.1, 0.15) is 6.17 Å². The summed E-state index contributed by atoms with van der Waals surface area (Å²) in [5.74, 6) is 0. The second kappa shape index (κ2) is 17.4. The first-order valence-corrected chi connectivity index (χ1v) is 12.5. The average Bonchev–Trinajstić information content (AvgIpc) is 3.07. The molecule has 1 aliphatic rings. The molecule has 1 atom stereocenters. The molecule has 0 bridgehead atoms. The maximum absolute atomic E-state index is 2.61. The van der Waals surface area contributed by atoms with Crippen LogP contribution in [0.2, 0.25) is 0 Å². The maximum atomic E-state index is 2.61. The molecule has 2 nitrogen and oxygen atoms in total. The Morgan fingerprint density at radius 3 is 1.48 bits per heavy atom. The van der Waals surface area contributed by atoms with Gasteiger partial charge in [-0.2, -0.15) is 0 Å². The highest BCUT2D eigenvalue weighted by molar-refractivity contribution is 4.96. The average molecular weight is 379 g/mol. The van der Waals surface area contributed by atoms with Crippen LogP contribution in [0, 0.1) is 0 Å². The molecule has 0 amide bonds. The molecule has 0 aromatic carbocycles. The third-order valence-electron chi connectivity index (χ3n) is 6.17. The summed E-state index contributed by atoms with van der Waals surface area (Å²) in [6.07, 6.45) is 29.4. The summed E-state index contributed by atoms with van der Waals surface area (Å²) in [6.45, 7) is 9.28. The van der Waals surface area contributed by atoms with Gasteiger partial charge in [0, 0.05) is 25.5 Å². The van der Waals surface area contributed by atoms with E-state index in [1.54, 1.807) is 0 Å². The van der Waals surface area contributed by atoms with E-state index in [1.165, 1.54) is 116 Å². The van der Waals surface area contributed by atoms with Crippen LogP contribution in [-0.4, -0.2) is 29.1 Å². The highest BCUT2D eigenvalue weighted by Crippen LogP contribution is 2.22. The van der Waals surface area contributed by atoms with Gasteiger partial charge in [0.05, 0.1) is 0 Å². The third kappa shape index (κ3) is 11.7. The Kier molecular flexibility index (Phi) is 15.7. The topological polar surface area (TPSA) is 6.48 Å². The van der Waals surface area contributed by atoms with Crippen LogP contribution < -0.4 is 0 Å². The number of hydrogen-bond donors (Lipinski definition) is 0.